The molecule has 0 N–H and O–H groups in total. The number of thioether (sulfide) groups is 1. The third-order valence-corrected chi connectivity index (χ3v) is 6.48. The van der Waals surface area contributed by atoms with Crippen molar-refractivity contribution in [2.24, 2.45) is 0 Å². The van der Waals surface area contributed by atoms with Gasteiger partial charge in [0, 0.05) is 28.1 Å². The van der Waals surface area contributed by atoms with Crippen molar-refractivity contribution >= 4 is 33.9 Å². The van der Waals surface area contributed by atoms with Crippen molar-refractivity contribution in [1.29, 1.82) is 5.26 Å². The Labute approximate surface area is 148 Å². The summed E-state index contributed by atoms with van der Waals surface area (Å²) in [7, 11) is -1.02. The molecule has 2 rings (SSSR count). The normalized spacial score (nSPS) is 12.8. The van der Waals surface area contributed by atoms with Crippen LogP contribution in [0.15, 0.2) is 28.6 Å². The lowest BCUT2D eigenvalue weighted by Gasteiger charge is -2.13. The highest BCUT2D eigenvalue weighted by atomic mass is 32.2. The Kier molecular flexibility index (Phi) is 6.43. The van der Waals surface area contributed by atoms with E-state index < -0.39 is 28.1 Å². The van der Waals surface area contributed by atoms with Crippen molar-refractivity contribution in [2.45, 2.75) is 18.1 Å². The molecule has 3 nitrogen and oxygen atoms in total. The van der Waals surface area contributed by atoms with Crippen molar-refractivity contribution < 1.29 is 17.4 Å². The van der Waals surface area contributed by atoms with Gasteiger partial charge >= 0.3 is 6.18 Å². The molecule has 0 aliphatic carbocycles. The molecular weight excluding hydrogens is 377 g/mol. The van der Waals surface area contributed by atoms with Gasteiger partial charge in [0.2, 0.25) is 0 Å². The van der Waals surface area contributed by atoms with E-state index in [0.717, 1.165) is 17.8 Å². The molecule has 1 atom stereocenters. The van der Waals surface area contributed by atoms with Crippen LogP contribution in [0.5, 0.6) is 0 Å². The van der Waals surface area contributed by atoms with E-state index in [2.05, 4.69) is 4.98 Å². The van der Waals surface area contributed by atoms with Gasteiger partial charge in [-0.1, -0.05) is 13.0 Å². The average molecular weight is 390 g/mol. The predicted octanol–water partition coefficient (Wildman–Crippen LogP) is 4.56. The first-order valence-electron chi connectivity index (χ1n) is 6.90. The topological polar surface area (TPSA) is 53.8 Å². The first-order chi connectivity index (χ1) is 11.4. The standard InChI is InChI=1S/C15H13F3N2OS3/c1-2-24(21)7-6-23-14-10(9-19)11(15(16,17)18)8-12(20-14)13-4-3-5-22-13/h3-5,8H,2,6-7H2,1H3/t24-/m0/s1. The van der Waals surface area contributed by atoms with Gasteiger partial charge in [-0.15, -0.1) is 23.1 Å². The lowest BCUT2D eigenvalue weighted by atomic mass is 10.1. The van der Waals surface area contributed by atoms with E-state index in [1.807, 2.05) is 0 Å². The molecule has 0 radical (unpaired) electrons. The van der Waals surface area contributed by atoms with E-state index in [9.17, 15) is 22.6 Å². The second-order valence-electron chi connectivity index (χ2n) is 4.60. The Morgan fingerprint density at radius 1 is 1.46 bits per heavy atom. The van der Waals surface area contributed by atoms with Gasteiger partial charge in [0.15, 0.2) is 0 Å². The number of halogens is 3. The Balaban J connectivity index is 2.45. The van der Waals surface area contributed by atoms with Crippen molar-refractivity contribution in [3.8, 4) is 16.6 Å². The van der Waals surface area contributed by atoms with Crippen molar-refractivity contribution in [2.75, 3.05) is 17.3 Å². The van der Waals surface area contributed by atoms with Crippen LogP contribution in [0.3, 0.4) is 0 Å². The zero-order chi connectivity index (χ0) is 17.7. The fourth-order valence-electron chi connectivity index (χ4n) is 1.88. The van der Waals surface area contributed by atoms with Crippen LogP contribution >= 0.6 is 23.1 Å². The van der Waals surface area contributed by atoms with Gasteiger partial charge in [0.05, 0.1) is 21.7 Å². The van der Waals surface area contributed by atoms with E-state index in [1.165, 1.54) is 11.3 Å². The lowest BCUT2D eigenvalue weighted by molar-refractivity contribution is -0.138. The maximum atomic E-state index is 13.3. The number of nitrogens with zero attached hydrogens (tertiary/aromatic N) is 2. The molecule has 0 aliphatic heterocycles. The van der Waals surface area contributed by atoms with E-state index in [-0.39, 0.29) is 10.7 Å². The van der Waals surface area contributed by atoms with Gasteiger partial charge in [0.1, 0.15) is 11.1 Å². The maximum Gasteiger partial charge on any atom is 0.417 e. The van der Waals surface area contributed by atoms with Gasteiger partial charge < -0.3 is 0 Å². The van der Waals surface area contributed by atoms with Crippen LogP contribution in [0.25, 0.3) is 10.6 Å². The summed E-state index contributed by atoms with van der Waals surface area (Å²) in [6, 6.07) is 5.94. The van der Waals surface area contributed by atoms with Gasteiger partial charge in [0.25, 0.3) is 0 Å². The minimum atomic E-state index is -4.64. The fourth-order valence-corrected chi connectivity index (χ4v) is 4.59. The van der Waals surface area contributed by atoms with Gasteiger partial charge in [-0.05, 0) is 17.5 Å². The van der Waals surface area contributed by atoms with E-state index in [0.29, 0.717) is 22.1 Å². The summed E-state index contributed by atoms with van der Waals surface area (Å²) in [5.41, 5.74) is -1.27. The summed E-state index contributed by atoms with van der Waals surface area (Å²) < 4.78 is 51.4. The fraction of sp³-hybridized carbons (Fsp3) is 0.333. The highest BCUT2D eigenvalue weighted by Crippen LogP contribution is 2.38. The molecule has 24 heavy (non-hydrogen) atoms. The third-order valence-electron chi connectivity index (χ3n) is 3.05. The molecule has 0 bridgehead atoms. The second kappa shape index (κ2) is 8.14. The summed E-state index contributed by atoms with van der Waals surface area (Å²) in [6.07, 6.45) is -4.64. The van der Waals surface area contributed by atoms with Gasteiger partial charge in [-0.25, -0.2) is 4.98 Å². The molecule has 0 aliphatic rings. The smallest absolute Gasteiger partial charge is 0.260 e. The summed E-state index contributed by atoms with van der Waals surface area (Å²) in [5.74, 6) is 1.17. The molecule has 0 unspecified atom stereocenters. The average Bonchev–Trinajstić information content (AvgIpc) is 3.07. The zero-order valence-corrected chi connectivity index (χ0v) is 15.0. The molecule has 128 valence electrons. The molecule has 2 heterocycles. The number of pyridine rings is 1. The molecule has 0 saturated heterocycles. The Bertz CT molecular complexity index is 768. The number of alkyl halides is 3. The summed E-state index contributed by atoms with van der Waals surface area (Å²) in [6.45, 7) is 1.78. The number of rotatable bonds is 6. The first kappa shape index (κ1) is 19.0. The second-order valence-corrected chi connectivity index (χ2v) is 8.50. The Morgan fingerprint density at radius 2 is 2.21 bits per heavy atom. The van der Waals surface area contributed by atoms with E-state index >= 15 is 0 Å². The lowest BCUT2D eigenvalue weighted by Crippen LogP contribution is -2.11. The van der Waals surface area contributed by atoms with Crippen LogP contribution in [-0.4, -0.2) is 26.5 Å². The number of nitriles is 1. The summed E-state index contributed by atoms with van der Waals surface area (Å²) in [5, 5.41) is 11.0. The van der Waals surface area contributed by atoms with Crippen LogP contribution in [0, 0.1) is 11.3 Å². The quantitative estimate of drug-likeness (QED) is 0.679. The van der Waals surface area contributed by atoms with Crippen LogP contribution in [-0.2, 0) is 17.0 Å². The third kappa shape index (κ3) is 4.59. The summed E-state index contributed by atoms with van der Waals surface area (Å²) >= 11 is 2.31. The molecule has 9 heteroatoms. The Hall–Kier alpha value is -1.37. The van der Waals surface area contributed by atoms with Crippen molar-refractivity contribution in [1.82, 2.24) is 4.98 Å². The van der Waals surface area contributed by atoms with E-state index in [4.69, 9.17) is 0 Å². The zero-order valence-electron chi connectivity index (χ0n) is 12.6. The van der Waals surface area contributed by atoms with Crippen molar-refractivity contribution in [3.05, 3.63) is 34.7 Å². The van der Waals surface area contributed by atoms with Crippen LogP contribution in [0.4, 0.5) is 13.2 Å². The van der Waals surface area contributed by atoms with Crippen LogP contribution < -0.4 is 0 Å². The minimum absolute atomic E-state index is 0.0313. The van der Waals surface area contributed by atoms with Crippen LogP contribution in [0.2, 0.25) is 0 Å². The first-order valence-corrected chi connectivity index (χ1v) is 10.3. The van der Waals surface area contributed by atoms with Crippen molar-refractivity contribution in [3.63, 3.8) is 0 Å². The molecule has 0 spiro atoms. The molecule has 0 amide bonds. The number of aromatic nitrogens is 1. The Morgan fingerprint density at radius 3 is 2.75 bits per heavy atom. The summed E-state index contributed by atoms with van der Waals surface area (Å²) in [4.78, 5) is 4.84. The number of hydrogen-bond acceptors (Lipinski definition) is 5. The molecule has 0 saturated carbocycles. The highest BCUT2D eigenvalue weighted by Gasteiger charge is 2.36. The largest absolute Gasteiger partial charge is 0.417 e. The van der Waals surface area contributed by atoms with Crippen LogP contribution in [0.1, 0.15) is 18.1 Å². The predicted molar refractivity (Wildman–Crippen MR) is 91.5 cm³/mol. The van der Waals surface area contributed by atoms with Gasteiger partial charge in [-0.2, -0.15) is 18.4 Å². The number of thiophene rings is 1. The minimum Gasteiger partial charge on any atom is -0.260 e. The molecule has 0 fully saturated rings. The number of hydrogen-bond donors (Lipinski definition) is 0. The SMILES string of the molecule is CC[S@](=O)CCSc1nc(-c2cccs2)cc(C(F)(F)F)c1C#N. The molecule has 2 aromatic heterocycles. The highest BCUT2D eigenvalue weighted by molar-refractivity contribution is 8.00. The van der Waals surface area contributed by atoms with E-state index in [1.54, 1.807) is 30.5 Å². The molecule has 0 aromatic carbocycles. The maximum absolute atomic E-state index is 13.3. The molecule has 2 aromatic rings. The van der Waals surface area contributed by atoms with Gasteiger partial charge in [-0.3, -0.25) is 4.21 Å². The molecular formula is C15H13F3N2OS3. The monoisotopic (exact) mass is 390 g/mol.